The summed E-state index contributed by atoms with van der Waals surface area (Å²) in [5, 5.41) is 20.2. The van der Waals surface area contributed by atoms with Gasteiger partial charge in [-0.2, -0.15) is 10.5 Å². The van der Waals surface area contributed by atoms with Gasteiger partial charge in [0.2, 0.25) is 5.88 Å². The van der Waals surface area contributed by atoms with Crippen molar-refractivity contribution >= 4 is 17.7 Å². The number of nitrogens with two attached hydrogens (primary N) is 1. The number of ether oxygens (including phenoxy) is 2. The van der Waals surface area contributed by atoms with Crippen LogP contribution in [0.3, 0.4) is 0 Å². The lowest BCUT2D eigenvalue weighted by Crippen LogP contribution is -2.26. The minimum Gasteiger partial charge on any atom is -0.466 e. The van der Waals surface area contributed by atoms with E-state index in [4.69, 9.17) is 20.2 Å². The summed E-state index contributed by atoms with van der Waals surface area (Å²) >= 11 is 1.32. The summed E-state index contributed by atoms with van der Waals surface area (Å²) in [6, 6.07) is 15.5. The maximum atomic E-state index is 12.9. The Hall–Kier alpha value is -3.75. The third kappa shape index (κ3) is 5.18. The van der Waals surface area contributed by atoms with Crippen molar-refractivity contribution in [2.45, 2.75) is 49.5 Å². The quantitative estimate of drug-likeness (QED) is 0.479. The van der Waals surface area contributed by atoms with Gasteiger partial charge in [-0.3, -0.25) is 0 Å². The van der Waals surface area contributed by atoms with Gasteiger partial charge in [-0.05, 0) is 42.9 Å². The zero-order chi connectivity index (χ0) is 24.8. The van der Waals surface area contributed by atoms with E-state index >= 15 is 0 Å². The summed E-state index contributed by atoms with van der Waals surface area (Å²) < 4.78 is 10.9. The lowest BCUT2D eigenvalue weighted by Gasteiger charge is -2.27. The molecule has 0 saturated carbocycles. The number of allylic oxidation sites excluding steroid dienone is 1. The van der Waals surface area contributed by atoms with Crippen molar-refractivity contribution in [3.63, 3.8) is 0 Å². The predicted octanol–water partition coefficient (Wildman–Crippen LogP) is 4.64. The van der Waals surface area contributed by atoms with Crippen LogP contribution in [-0.2, 0) is 27.1 Å². The standard InChI is InChI=1S/C27H26N4O3S/c1-33-27(32)24-22(34-25(30)20(15-29)23(24)17-9-6-4-7-10-17)16-35-26-19(14-28)13-18-11-5-2-3-8-12-21(18)31-26/h4,6-7,9-10,13,23H,2-3,5,8,11-12,16,30H2,1H3/t23-/m1/s1. The highest BCUT2D eigenvalue weighted by Crippen LogP contribution is 2.41. The van der Waals surface area contributed by atoms with Gasteiger partial charge in [0.25, 0.3) is 0 Å². The molecule has 2 aliphatic rings. The number of hydrogen-bond donors (Lipinski definition) is 1. The summed E-state index contributed by atoms with van der Waals surface area (Å²) in [5.74, 6) is -0.854. The second kappa shape index (κ2) is 11.1. The molecular formula is C27H26N4O3S. The molecule has 178 valence electrons. The van der Waals surface area contributed by atoms with Crippen molar-refractivity contribution < 1.29 is 14.3 Å². The Kier molecular flexibility index (Phi) is 7.74. The summed E-state index contributed by atoms with van der Waals surface area (Å²) in [6.07, 6.45) is 6.37. The van der Waals surface area contributed by atoms with Gasteiger partial charge in [0.1, 0.15) is 28.5 Å². The molecule has 2 aromatic rings. The second-order valence-corrected chi connectivity index (χ2v) is 9.39. The smallest absolute Gasteiger partial charge is 0.338 e. The first-order valence-electron chi connectivity index (χ1n) is 11.6. The molecule has 1 aromatic carbocycles. The molecule has 0 saturated heterocycles. The molecule has 0 unspecified atom stereocenters. The molecule has 1 atom stereocenters. The van der Waals surface area contributed by atoms with E-state index in [0.717, 1.165) is 42.5 Å². The van der Waals surface area contributed by atoms with E-state index in [9.17, 15) is 15.3 Å². The highest BCUT2D eigenvalue weighted by atomic mass is 32.2. The molecule has 1 aromatic heterocycles. The molecule has 7 nitrogen and oxygen atoms in total. The minimum absolute atomic E-state index is 0.0451. The molecule has 0 bridgehead atoms. The molecule has 35 heavy (non-hydrogen) atoms. The van der Waals surface area contributed by atoms with Crippen molar-refractivity contribution in [1.29, 1.82) is 10.5 Å². The number of rotatable bonds is 5. The van der Waals surface area contributed by atoms with Crippen molar-refractivity contribution in [3.8, 4) is 12.1 Å². The number of esters is 1. The van der Waals surface area contributed by atoms with Crippen LogP contribution in [0.25, 0.3) is 0 Å². The number of hydrogen-bond acceptors (Lipinski definition) is 8. The number of pyridine rings is 1. The molecule has 8 heteroatoms. The highest BCUT2D eigenvalue weighted by molar-refractivity contribution is 7.99. The van der Waals surface area contributed by atoms with Crippen molar-refractivity contribution in [2.24, 2.45) is 5.73 Å². The first kappa shape index (κ1) is 24.4. The number of carbonyl (C=O) groups excluding carboxylic acids is 1. The van der Waals surface area contributed by atoms with E-state index in [1.807, 2.05) is 36.4 Å². The van der Waals surface area contributed by atoms with Gasteiger partial charge in [-0.1, -0.05) is 54.9 Å². The highest BCUT2D eigenvalue weighted by Gasteiger charge is 2.37. The summed E-state index contributed by atoms with van der Waals surface area (Å²) in [7, 11) is 1.29. The number of thioether (sulfide) groups is 1. The predicted molar refractivity (Wildman–Crippen MR) is 132 cm³/mol. The van der Waals surface area contributed by atoms with Crippen LogP contribution < -0.4 is 5.73 Å². The van der Waals surface area contributed by atoms with E-state index in [2.05, 4.69) is 12.1 Å². The van der Waals surface area contributed by atoms with Crippen molar-refractivity contribution in [3.05, 3.63) is 81.6 Å². The van der Waals surface area contributed by atoms with Crippen LogP contribution in [0, 0.1) is 22.7 Å². The molecule has 2 heterocycles. The van der Waals surface area contributed by atoms with Gasteiger partial charge < -0.3 is 15.2 Å². The number of fused-ring (bicyclic) bond motifs is 1. The van der Waals surface area contributed by atoms with Gasteiger partial charge in [0.15, 0.2) is 0 Å². The normalized spacial score (nSPS) is 17.9. The van der Waals surface area contributed by atoms with Crippen molar-refractivity contribution in [2.75, 3.05) is 12.9 Å². The number of carbonyl (C=O) groups is 1. The average molecular weight is 487 g/mol. The number of nitriles is 2. The number of benzene rings is 1. The third-order valence-electron chi connectivity index (χ3n) is 6.26. The molecule has 0 radical (unpaired) electrons. The maximum absolute atomic E-state index is 12.9. The first-order chi connectivity index (χ1) is 17.1. The molecule has 2 N–H and O–H groups in total. The Bertz CT molecular complexity index is 1270. The monoisotopic (exact) mass is 486 g/mol. The maximum Gasteiger partial charge on any atom is 0.338 e. The van der Waals surface area contributed by atoms with Crippen LogP contribution in [0.5, 0.6) is 0 Å². The fraction of sp³-hybridized carbons (Fsp3) is 0.333. The zero-order valence-corrected chi connectivity index (χ0v) is 20.4. The fourth-order valence-corrected chi connectivity index (χ4v) is 5.45. The number of aromatic nitrogens is 1. The first-order valence-corrected chi connectivity index (χ1v) is 12.6. The molecule has 0 spiro atoms. The number of methoxy groups -OCH3 is 1. The van der Waals surface area contributed by atoms with Crippen LogP contribution in [0.2, 0.25) is 0 Å². The Labute approximate surface area is 209 Å². The summed E-state index contributed by atoms with van der Waals surface area (Å²) in [6.45, 7) is 0. The van der Waals surface area contributed by atoms with Gasteiger partial charge in [0.05, 0.1) is 29.9 Å². The summed E-state index contributed by atoms with van der Waals surface area (Å²) in [4.78, 5) is 17.8. The molecular weight excluding hydrogens is 460 g/mol. The van der Waals surface area contributed by atoms with E-state index in [1.54, 1.807) is 0 Å². The lowest BCUT2D eigenvalue weighted by molar-refractivity contribution is -0.136. The van der Waals surface area contributed by atoms with E-state index in [0.29, 0.717) is 16.3 Å². The second-order valence-electron chi connectivity index (χ2n) is 8.43. The molecule has 0 amide bonds. The Morgan fingerprint density at radius 1 is 1.17 bits per heavy atom. The van der Waals surface area contributed by atoms with Gasteiger partial charge in [0, 0.05) is 5.69 Å². The van der Waals surface area contributed by atoms with Crippen LogP contribution in [0.4, 0.5) is 0 Å². The number of nitrogens with zero attached hydrogens (tertiary/aromatic N) is 3. The Balaban J connectivity index is 1.72. The van der Waals surface area contributed by atoms with Gasteiger partial charge in [-0.25, -0.2) is 9.78 Å². The third-order valence-corrected chi connectivity index (χ3v) is 7.25. The van der Waals surface area contributed by atoms with E-state index < -0.39 is 11.9 Å². The fourth-order valence-electron chi connectivity index (χ4n) is 4.53. The molecule has 4 rings (SSSR count). The lowest BCUT2D eigenvalue weighted by atomic mass is 9.83. The molecule has 1 aliphatic heterocycles. The topological polar surface area (TPSA) is 122 Å². The largest absolute Gasteiger partial charge is 0.466 e. The van der Waals surface area contributed by atoms with Crippen LogP contribution in [-0.4, -0.2) is 23.8 Å². The Morgan fingerprint density at radius 2 is 1.91 bits per heavy atom. The zero-order valence-electron chi connectivity index (χ0n) is 19.5. The number of aryl methyl sites for hydroxylation is 2. The molecule has 1 aliphatic carbocycles. The SMILES string of the molecule is COC(=O)C1=C(CSc2nc3c(cc2C#N)CCCCCC3)OC(N)=C(C#N)[C@H]1c1ccccc1. The van der Waals surface area contributed by atoms with Crippen molar-refractivity contribution in [1.82, 2.24) is 4.98 Å². The van der Waals surface area contributed by atoms with Gasteiger partial charge in [-0.15, -0.1) is 0 Å². The van der Waals surface area contributed by atoms with E-state index in [1.165, 1.54) is 31.7 Å². The van der Waals surface area contributed by atoms with Gasteiger partial charge >= 0.3 is 5.97 Å². The average Bonchev–Trinajstić information content (AvgIpc) is 2.87. The minimum atomic E-state index is -0.711. The van der Waals surface area contributed by atoms with Crippen LogP contribution in [0.1, 0.15) is 54.0 Å². The van der Waals surface area contributed by atoms with Crippen LogP contribution >= 0.6 is 11.8 Å². The van der Waals surface area contributed by atoms with E-state index in [-0.39, 0.29) is 22.8 Å². The molecule has 0 fully saturated rings. The van der Waals surface area contributed by atoms with Crippen LogP contribution in [0.15, 0.2) is 64.2 Å². The summed E-state index contributed by atoms with van der Waals surface area (Å²) in [5.41, 5.74) is 9.92. The Morgan fingerprint density at radius 3 is 2.60 bits per heavy atom.